The van der Waals surface area contributed by atoms with Crippen LogP contribution in [0.15, 0.2) is 72.8 Å². The molecule has 4 aromatic rings. The number of benzene rings is 3. The van der Waals surface area contributed by atoms with Crippen LogP contribution in [-0.4, -0.2) is 27.2 Å². The van der Waals surface area contributed by atoms with Gasteiger partial charge in [0.15, 0.2) is 0 Å². The number of alkyl halides is 3. The van der Waals surface area contributed by atoms with Gasteiger partial charge in [0.2, 0.25) is 0 Å². The average molecular weight is 415 g/mol. The van der Waals surface area contributed by atoms with Gasteiger partial charge in [-0.1, -0.05) is 18.2 Å². The number of aromatic nitrogens is 2. The number of nitrogens with one attached hydrogen (secondary N) is 1. The fraction of sp³-hybridized carbons (Fsp3) is 0.0476. The molecule has 0 amide bonds. The molecule has 4 rings (SSSR count). The first-order valence-corrected chi connectivity index (χ1v) is 8.61. The molecule has 0 saturated carbocycles. The number of halogens is 3. The summed E-state index contributed by atoms with van der Waals surface area (Å²) >= 11 is 0. The molecular formula is C21H16F3N3O3. The van der Waals surface area contributed by atoms with E-state index in [9.17, 15) is 13.2 Å². The minimum Gasteiger partial charge on any atom is -0.475 e. The van der Waals surface area contributed by atoms with Crippen LogP contribution in [0.5, 0.6) is 11.5 Å². The maximum atomic E-state index is 10.6. The molecule has 0 aliphatic rings. The number of para-hydroxylation sites is 1. The Hall–Kier alpha value is -4.01. The highest BCUT2D eigenvalue weighted by molar-refractivity contribution is 5.82. The van der Waals surface area contributed by atoms with Crippen LogP contribution >= 0.6 is 0 Å². The number of carboxylic acid groups (broad SMARTS) is 1. The third-order valence-electron chi connectivity index (χ3n) is 3.86. The topological polar surface area (TPSA) is 101 Å². The molecule has 0 atom stereocenters. The van der Waals surface area contributed by atoms with Crippen LogP contribution in [0.4, 0.5) is 18.9 Å². The molecule has 0 saturated heterocycles. The number of carboxylic acids is 1. The van der Waals surface area contributed by atoms with Crippen molar-refractivity contribution in [3.63, 3.8) is 0 Å². The smallest absolute Gasteiger partial charge is 0.475 e. The second kappa shape index (κ2) is 8.56. The van der Waals surface area contributed by atoms with Crippen LogP contribution in [-0.2, 0) is 4.79 Å². The zero-order valence-corrected chi connectivity index (χ0v) is 15.4. The number of fused-ring (bicyclic) bond motifs is 1. The van der Waals surface area contributed by atoms with Crippen molar-refractivity contribution < 1.29 is 27.8 Å². The minimum absolute atomic E-state index is 0.722. The van der Waals surface area contributed by atoms with Crippen LogP contribution in [0.3, 0.4) is 0 Å². The Labute approximate surface area is 168 Å². The summed E-state index contributed by atoms with van der Waals surface area (Å²) in [5.41, 5.74) is 9.36. The van der Waals surface area contributed by atoms with Crippen molar-refractivity contribution in [2.75, 3.05) is 5.73 Å². The van der Waals surface area contributed by atoms with Crippen LogP contribution in [0.1, 0.15) is 0 Å². The lowest BCUT2D eigenvalue weighted by Gasteiger charge is -2.05. The fourth-order valence-corrected chi connectivity index (χ4v) is 2.47. The van der Waals surface area contributed by atoms with Gasteiger partial charge >= 0.3 is 12.1 Å². The van der Waals surface area contributed by atoms with Crippen LogP contribution in [0, 0.1) is 0 Å². The maximum absolute atomic E-state index is 10.6. The van der Waals surface area contributed by atoms with Gasteiger partial charge in [0.05, 0.1) is 11.0 Å². The maximum Gasteiger partial charge on any atom is 0.490 e. The fourth-order valence-electron chi connectivity index (χ4n) is 2.47. The number of nitrogens with two attached hydrogens (primary N) is 1. The Balaban J connectivity index is 0.000000318. The zero-order valence-electron chi connectivity index (χ0n) is 15.4. The van der Waals surface area contributed by atoms with E-state index in [1.165, 1.54) is 0 Å². The highest BCUT2D eigenvalue weighted by atomic mass is 19.4. The molecule has 0 unspecified atom stereocenters. The molecule has 30 heavy (non-hydrogen) atoms. The Kier molecular flexibility index (Phi) is 5.91. The van der Waals surface area contributed by atoms with Gasteiger partial charge in [-0.25, -0.2) is 9.78 Å². The summed E-state index contributed by atoms with van der Waals surface area (Å²) in [6.45, 7) is 0. The van der Waals surface area contributed by atoms with Gasteiger partial charge in [-0.3, -0.25) is 0 Å². The van der Waals surface area contributed by atoms with Crippen molar-refractivity contribution in [3.05, 3.63) is 72.8 Å². The van der Waals surface area contributed by atoms with E-state index in [1.54, 1.807) is 0 Å². The first-order chi connectivity index (χ1) is 14.2. The number of carbonyl (C=O) groups is 1. The summed E-state index contributed by atoms with van der Waals surface area (Å²) in [5.74, 6) is -0.330. The number of aliphatic carboxylic acids is 1. The molecule has 4 N–H and O–H groups in total. The third-order valence-corrected chi connectivity index (χ3v) is 3.86. The Bertz CT molecular complexity index is 1140. The van der Waals surface area contributed by atoms with Crippen LogP contribution in [0.2, 0.25) is 0 Å². The second-order valence-corrected chi connectivity index (χ2v) is 6.10. The van der Waals surface area contributed by atoms with E-state index in [4.69, 9.17) is 20.4 Å². The number of rotatable bonds is 3. The van der Waals surface area contributed by atoms with Crippen molar-refractivity contribution >= 4 is 22.7 Å². The molecule has 9 heteroatoms. The van der Waals surface area contributed by atoms with Crippen LogP contribution < -0.4 is 10.5 Å². The van der Waals surface area contributed by atoms with Gasteiger partial charge in [-0.2, -0.15) is 13.2 Å². The Morgan fingerprint density at radius 3 is 2.17 bits per heavy atom. The molecule has 0 fully saturated rings. The number of nitrogen functional groups attached to an aromatic ring is 1. The summed E-state index contributed by atoms with van der Waals surface area (Å²) in [5, 5.41) is 7.12. The first kappa shape index (κ1) is 20.7. The van der Waals surface area contributed by atoms with E-state index in [0.29, 0.717) is 0 Å². The van der Waals surface area contributed by atoms with Crippen molar-refractivity contribution in [2.45, 2.75) is 6.18 Å². The summed E-state index contributed by atoms with van der Waals surface area (Å²) in [6, 6.07) is 23.2. The molecule has 154 valence electrons. The normalized spacial score (nSPS) is 10.9. The number of aromatic amines is 1. The molecule has 6 nitrogen and oxygen atoms in total. The molecule has 0 aliphatic carbocycles. The first-order valence-electron chi connectivity index (χ1n) is 8.61. The lowest BCUT2D eigenvalue weighted by atomic mass is 10.2. The summed E-state index contributed by atoms with van der Waals surface area (Å²) in [6.07, 6.45) is -5.08. The summed E-state index contributed by atoms with van der Waals surface area (Å²) < 4.78 is 37.5. The highest BCUT2D eigenvalue weighted by Gasteiger charge is 2.38. The number of imidazole rings is 1. The van der Waals surface area contributed by atoms with E-state index >= 15 is 0 Å². The number of ether oxygens (including phenoxy) is 1. The Morgan fingerprint density at radius 2 is 1.57 bits per heavy atom. The number of H-pyrrole nitrogens is 1. The van der Waals surface area contributed by atoms with E-state index in [0.717, 1.165) is 39.6 Å². The van der Waals surface area contributed by atoms with Crippen molar-refractivity contribution in [1.82, 2.24) is 9.97 Å². The van der Waals surface area contributed by atoms with E-state index in [1.807, 2.05) is 72.8 Å². The van der Waals surface area contributed by atoms with Crippen molar-refractivity contribution in [1.29, 1.82) is 0 Å². The van der Waals surface area contributed by atoms with Crippen molar-refractivity contribution in [2.24, 2.45) is 0 Å². The zero-order chi connectivity index (χ0) is 21.7. The molecule has 1 aromatic heterocycles. The lowest BCUT2D eigenvalue weighted by molar-refractivity contribution is -0.192. The van der Waals surface area contributed by atoms with Gasteiger partial charge in [0.25, 0.3) is 0 Å². The number of anilines is 1. The standard InChI is InChI=1S/C19H15N3O.C2HF3O2/c20-14-8-11-17-18(12-14)22-19(21-17)13-6-9-16(10-7-13)23-15-4-2-1-3-5-15;3-2(4,5)1(6)7/h1-12H,20H2,(H,21,22);(H,6,7). The molecule has 0 radical (unpaired) electrons. The van der Waals surface area contributed by atoms with Gasteiger partial charge < -0.3 is 20.6 Å². The molecule has 0 aliphatic heterocycles. The highest BCUT2D eigenvalue weighted by Crippen LogP contribution is 2.26. The summed E-state index contributed by atoms with van der Waals surface area (Å²) in [4.78, 5) is 16.8. The predicted octanol–water partition coefficient (Wildman–Crippen LogP) is 5.24. The number of hydrogen-bond acceptors (Lipinski definition) is 4. The largest absolute Gasteiger partial charge is 0.490 e. The molecule has 0 bridgehead atoms. The third kappa shape index (κ3) is 5.28. The summed E-state index contributed by atoms with van der Waals surface area (Å²) in [7, 11) is 0. The van der Waals surface area contributed by atoms with Crippen LogP contribution in [0.25, 0.3) is 22.4 Å². The second-order valence-electron chi connectivity index (χ2n) is 6.10. The molecule has 3 aromatic carbocycles. The quantitative estimate of drug-likeness (QED) is 0.397. The van der Waals surface area contributed by atoms with Gasteiger partial charge in [0, 0.05) is 11.3 Å². The molecule has 1 heterocycles. The average Bonchev–Trinajstić information content (AvgIpc) is 3.12. The lowest BCUT2D eigenvalue weighted by Crippen LogP contribution is -2.21. The van der Waals surface area contributed by atoms with E-state index in [-0.39, 0.29) is 0 Å². The minimum atomic E-state index is -5.08. The molecule has 0 spiro atoms. The SMILES string of the molecule is Nc1ccc2nc(-c3ccc(Oc4ccccc4)cc3)[nH]c2c1.O=C(O)C(F)(F)F. The Morgan fingerprint density at radius 1 is 0.967 bits per heavy atom. The number of hydrogen-bond donors (Lipinski definition) is 3. The van der Waals surface area contributed by atoms with Gasteiger partial charge in [-0.15, -0.1) is 0 Å². The van der Waals surface area contributed by atoms with E-state index in [2.05, 4.69) is 9.97 Å². The van der Waals surface area contributed by atoms with Crippen molar-refractivity contribution in [3.8, 4) is 22.9 Å². The monoisotopic (exact) mass is 415 g/mol. The molecular weight excluding hydrogens is 399 g/mol. The van der Waals surface area contributed by atoms with Gasteiger partial charge in [0.1, 0.15) is 17.3 Å². The van der Waals surface area contributed by atoms with E-state index < -0.39 is 12.1 Å². The van der Waals surface area contributed by atoms with Gasteiger partial charge in [-0.05, 0) is 54.6 Å². The predicted molar refractivity (Wildman–Crippen MR) is 106 cm³/mol. The number of nitrogens with zero attached hydrogens (tertiary/aromatic N) is 1.